The molecule has 0 fully saturated rings. The molecule has 2 heteroatoms. The van der Waals surface area contributed by atoms with Crippen molar-refractivity contribution in [1.29, 1.82) is 0 Å². The van der Waals surface area contributed by atoms with Crippen LogP contribution in [0.15, 0.2) is 40.9 Å². The number of halogens is 2. The second-order valence-corrected chi connectivity index (χ2v) is 6.96. The normalized spacial score (nSPS) is 12.4. The molecule has 0 aliphatic carbocycles. The largest absolute Gasteiger partial charge is 0.0921 e. The molecule has 2 rings (SSSR count). The lowest BCUT2D eigenvalue weighted by Crippen LogP contribution is -2.08. The van der Waals surface area contributed by atoms with E-state index in [1.165, 1.54) is 32.3 Å². The Kier molecular flexibility index (Phi) is 5.45. The van der Waals surface area contributed by atoms with E-state index in [1.807, 2.05) is 0 Å². The molecule has 0 radical (unpaired) electrons. The van der Waals surface area contributed by atoms with Crippen molar-refractivity contribution in [1.82, 2.24) is 0 Å². The van der Waals surface area contributed by atoms with Crippen molar-refractivity contribution in [2.45, 2.75) is 33.1 Å². The van der Waals surface area contributed by atoms with Crippen molar-refractivity contribution < 1.29 is 0 Å². The van der Waals surface area contributed by atoms with E-state index >= 15 is 0 Å². The highest BCUT2D eigenvalue weighted by Gasteiger charge is 2.16. The van der Waals surface area contributed by atoms with Crippen LogP contribution in [0.3, 0.4) is 0 Å². The molecule has 0 saturated heterocycles. The Labute approximate surface area is 138 Å². The third kappa shape index (κ3) is 3.53. The molecule has 0 amide bonds. The predicted octanol–water partition coefficient (Wildman–Crippen LogP) is 6.10. The second kappa shape index (κ2) is 6.91. The van der Waals surface area contributed by atoms with Gasteiger partial charge >= 0.3 is 0 Å². The molecule has 0 saturated carbocycles. The maximum Gasteiger partial charge on any atom is 0.0210 e. The van der Waals surface area contributed by atoms with Gasteiger partial charge in [-0.25, -0.2) is 0 Å². The van der Waals surface area contributed by atoms with E-state index in [2.05, 4.69) is 89.0 Å². The van der Waals surface area contributed by atoms with Crippen LogP contribution in [0.4, 0.5) is 0 Å². The van der Waals surface area contributed by atoms with Crippen LogP contribution in [0, 0.1) is 20.8 Å². The molecule has 2 aromatic carbocycles. The van der Waals surface area contributed by atoms with Crippen LogP contribution >= 0.6 is 31.9 Å². The zero-order valence-electron chi connectivity index (χ0n) is 12.2. The van der Waals surface area contributed by atoms with E-state index in [4.69, 9.17) is 0 Å². The van der Waals surface area contributed by atoms with E-state index in [-0.39, 0.29) is 0 Å². The highest BCUT2D eigenvalue weighted by Crippen LogP contribution is 2.31. The Hall–Kier alpha value is -0.600. The maximum absolute atomic E-state index is 3.69. The average Bonchev–Trinajstić information content (AvgIpc) is 2.39. The lowest BCUT2D eigenvalue weighted by Gasteiger charge is -2.19. The lowest BCUT2D eigenvalue weighted by atomic mass is 9.88. The lowest BCUT2D eigenvalue weighted by molar-refractivity contribution is 0.763. The highest BCUT2D eigenvalue weighted by molar-refractivity contribution is 9.10. The third-order valence-corrected chi connectivity index (χ3v) is 5.33. The molecule has 0 aromatic heterocycles. The van der Waals surface area contributed by atoms with E-state index in [9.17, 15) is 0 Å². The first-order valence-electron chi connectivity index (χ1n) is 6.90. The average molecular weight is 396 g/mol. The number of alkyl halides is 1. The molecule has 1 atom stereocenters. The van der Waals surface area contributed by atoms with Crippen LogP contribution in [0.25, 0.3) is 0 Å². The zero-order valence-corrected chi connectivity index (χ0v) is 15.4. The maximum atomic E-state index is 3.69. The first-order valence-corrected chi connectivity index (χ1v) is 8.81. The van der Waals surface area contributed by atoms with E-state index < -0.39 is 0 Å². The summed E-state index contributed by atoms with van der Waals surface area (Å²) >= 11 is 7.37. The molecular formula is C18H20Br2. The molecule has 1 unspecified atom stereocenters. The summed E-state index contributed by atoms with van der Waals surface area (Å²) < 4.78 is 1.20. The Balaban J connectivity index is 2.35. The van der Waals surface area contributed by atoms with Gasteiger partial charge in [0, 0.05) is 9.80 Å². The monoisotopic (exact) mass is 394 g/mol. The van der Waals surface area contributed by atoms with Gasteiger partial charge in [-0.2, -0.15) is 0 Å². The number of rotatable bonds is 4. The van der Waals surface area contributed by atoms with E-state index in [1.54, 1.807) is 0 Å². The Morgan fingerprint density at radius 2 is 1.60 bits per heavy atom. The van der Waals surface area contributed by atoms with Crippen LogP contribution in [-0.4, -0.2) is 5.33 Å². The Morgan fingerprint density at radius 1 is 1.00 bits per heavy atom. The first kappa shape index (κ1) is 15.8. The number of hydrogen-bond donors (Lipinski definition) is 0. The van der Waals surface area contributed by atoms with Crippen molar-refractivity contribution in [3.63, 3.8) is 0 Å². The van der Waals surface area contributed by atoms with Crippen molar-refractivity contribution in [3.8, 4) is 0 Å². The molecular weight excluding hydrogens is 376 g/mol. The fraction of sp³-hybridized carbons (Fsp3) is 0.333. The van der Waals surface area contributed by atoms with Gasteiger partial charge in [-0.1, -0.05) is 67.8 Å². The minimum atomic E-state index is 0.491. The minimum absolute atomic E-state index is 0.491. The second-order valence-electron chi connectivity index (χ2n) is 5.45. The Bertz CT molecular complexity index is 579. The fourth-order valence-electron chi connectivity index (χ4n) is 2.83. The molecule has 0 N–H and O–H groups in total. The quantitative estimate of drug-likeness (QED) is 0.549. The van der Waals surface area contributed by atoms with Gasteiger partial charge in [0.25, 0.3) is 0 Å². The van der Waals surface area contributed by atoms with Gasteiger partial charge in [0.1, 0.15) is 0 Å². The minimum Gasteiger partial charge on any atom is -0.0921 e. The summed E-state index contributed by atoms with van der Waals surface area (Å²) in [6.45, 7) is 6.61. The van der Waals surface area contributed by atoms with Crippen molar-refractivity contribution in [2.75, 3.05) is 5.33 Å². The van der Waals surface area contributed by atoms with Gasteiger partial charge in [-0.15, -0.1) is 0 Å². The predicted molar refractivity (Wildman–Crippen MR) is 95.0 cm³/mol. The first-order chi connectivity index (χ1) is 9.52. The molecule has 0 spiro atoms. The summed E-state index contributed by atoms with van der Waals surface area (Å²) in [5, 5.41) is 0.975. The summed E-state index contributed by atoms with van der Waals surface area (Å²) in [4.78, 5) is 0. The van der Waals surface area contributed by atoms with Gasteiger partial charge in [0.05, 0.1) is 0 Å². The van der Waals surface area contributed by atoms with E-state index in [0.717, 1.165) is 11.8 Å². The van der Waals surface area contributed by atoms with Crippen LogP contribution in [0.2, 0.25) is 0 Å². The summed E-state index contributed by atoms with van der Waals surface area (Å²) in [5.74, 6) is 0.491. The summed E-state index contributed by atoms with van der Waals surface area (Å²) in [7, 11) is 0. The molecule has 0 aliphatic heterocycles. The molecule has 0 bridgehead atoms. The van der Waals surface area contributed by atoms with E-state index in [0.29, 0.717) is 5.92 Å². The van der Waals surface area contributed by atoms with Gasteiger partial charge in [-0.05, 0) is 61.4 Å². The SMILES string of the molecule is Cc1cc(C)c(CC(CBr)c2ccccc2Br)c(C)c1. The van der Waals surface area contributed by atoms with Gasteiger partial charge < -0.3 is 0 Å². The summed E-state index contributed by atoms with van der Waals surface area (Å²) in [6, 6.07) is 13.1. The van der Waals surface area contributed by atoms with Gasteiger partial charge in [0.15, 0.2) is 0 Å². The standard InChI is InChI=1S/C18H20Br2/c1-12-8-13(2)17(14(3)9-12)10-15(11-19)16-6-4-5-7-18(16)20/h4-9,15H,10-11H2,1-3H3. The van der Waals surface area contributed by atoms with Crippen LogP contribution in [0.1, 0.15) is 33.7 Å². The summed E-state index contributed by atoms with van der Waals surface area (Å²) in [6.07, 6.45) is 1.08. The smallest absolute Gasteiger partial charge is 0.0210 e. The molecule has 106 valence electrons. The van der Waals surface area contributed by atoms with Crippen molar-refractivity contribution in [3.05, 3.63) is 68.7 Å². The van der Waals surface area contributed by atoms with Gasteiger partial charge in [0.2, 0.25) is 0 Å². The molecule has 0 heterocycles. The number of aryl methyl sites for hydroxylation is 3. The Morgan fingerprint density at radius 3 is 2.15 bits per heavy atom. The topological polar surface area (TPSA) is 0 Å². The highest BCUT2D eigenvalue weighted by atomic mass is 79.9. The number of hydrogen-bond acceptors (Lipinski definition) is 0. The van der Waals surface area contributed by atoms with Crippen molar-refractivity contribution >= 4 is 31.9 Å². The van der Waals surface area contributed by atoms with Crippen LogP contribution in [-0.2, 0) is 6.42 Å². The third-order valence-electron chi connectivity index (χ3n) is 3.82. The molecule has 20 heavy (non-hydrogen) atoms. The molecule has 0 aliphatic rings. The fourth-order valence-corrected chi connectivity index (χ4v) is 4.02. The summed E-state index contributed by atoms with van der Waals surface area (Å²) in [5.41, 5.74) is 7.01. The number of benzene rings is 2. The van der Waals surface area contributed by atoms with Gasteiger partial charge in [-0.3, -0.25) is 0 Å². The molecule has 2 aromatic rings. The van der Waals surface area contributed by atoms with Crippen LogP contribution < -0.4 is 0 Å². The molecule has 0 nitrogen and oxygen atoms in total. The van der Waals surface area contributed by atoms with Crippen LogP contribution in [0.5, 0.6) is 0 Å². The zero-order chi connectivity index (χ0) is 14.7. The van der Waals surface area contributed by atoms with Crippen molar-refractivity contribution in [2.24, 2.45) is 0 Å².